The molecule has 1 aliphatic rings. The van der Waals surface area contributed by atoms with Crippen LogP contribution < -0.4 is 15.4 Å². The van der Waals surface area contributed by atoms with E-state index in [1.807, 2.05) is 39.1 Å². The van der Waals surface area contributed by atoms with E-state index in [2.05, 4.69) is 15.7 Å². The average Bonchev–Trinajstić information content (AvgIpc) is 2.88. The van der Waals surface area contributed by atoms with Crippen molar-refractivity contribution < 1.29 is 9.53 Å². The number of aromatic nitrogens is 2. The first kappa shape index (κ1) is 13.6. The molecule has 21 heavy (non-hydrogen) atoms. The van der Waals surface area contributed by atoms with Crippen molar-refractivity contribution in [2.24, 2.45) is 7.05 Å². The number of aryl methyl sites for hydroxylation is 2. The van der Waals surface area contributed by atoms with Gasteiger partial charge < -0.3 is 15.4 Å². The van der Waals surface area contributed by atoms with Gasteiger partial charge in [0.1, 0.15) is 17.5 Å². The van der Waals surface area contributed by atoms with Gasteiger partial charge in [0.15, 0.2) is 5.75 Å². The molecule has 1 aromatic carbocycles. The van der Waals surface area contributed by atoms with E-state index in [4.69, 9.17) is 4.74 Å². The summed E-state index contributed by atoms with van der Waals surface area (Å²) in [7, 11) is 3.65. The smallest absolute Gasteiger partial charge is 0.246 e. The van der Waals surface area contributed by atoms with Crippen molar-refractivity contribution >= 4 is 11.6 Å². The molecule has 0 radical (unpaired) electrons. The van der Waals surface area contributed by atoms with E-state index < -0.39 is 0 Å². The molecule has 1 atom stereocenters. The molecular weight excluding hydrogens is 268 g/mol. The zero-order valence-electron chi connectivity index (χ0n) is 12.5. The lowest BCUT2D eigenvalue weighted by Crippen LogP contribution is -2.23. The fourth-order valence-corrected chi connectivity index (χ4v) is 2.61. The van der Waals surface area contributed by atoms with E-state index >= 15 is 0 Å². The minimum atomic E-state index is -0.295. The van der Waals surface area contributed by atoms with Crippen LogP contribution in [0.25, 0.3) is 0 Å². The van der Waals surface area contributed by atoms with Gasteiger partial charge in [-0.2, -0.15) is 5.10 Å². The van der Waals surface area contributed by atoms with E-state index in [9.17, 15) is 4.79 Å². The summed E-state index contributed by atoms with van der Waals surface area (Å²) in [6.45, 7) is 3.87. The van der Waals surface area contributed by atoms with Crippen LogP contribution in [0, 0.1) is 13.8 Å². The molecule has 0 aliphatic carbocycles. The maximum absolute atomic E-state index is 11.8. The SMILES string of the molecule is CNC1C(=O)Nc2cc(Oc3c(C)nn(C)c3C)ccc21. The molecule has 0 fully saturated rings. The number of ether oxygens (including phenoxy) is 1. The number of benzene rings is 1. The molecule has 2 aromatic rings. The van der Waals surface area contributed by atoms with E-state index in [-0.39, 0.29) is 11.9 Å². The summed E-state index contributed by atoms with van der Waals surface area (Å²) in [5, 5.41) is 10.2. The number of anilines is 1. The molecule has 2 N–H and O–H groups in total. The first-order valence-electron chi connectivity index (χ1n) is 6.81. The topological polar surface area (TPSA) is 68.2 Å². The lowest BCUT2D eigenvalue weighted by Gasteiger charge is -2.09. The molecule has 0 saturated carbocycles. The van der Waals surface area contributed by atoms with Crippen molar-refractivity contribution in [1.29, 1.82) is 0 Å². The van der Waals surface area contributed by atoms with Gasteiger partial charge in [-0.1, -0.05) is 6.07 Å². The van der Waals surface area contributed by atoms with Crippen molar-refractivity contribution in [3.8, 4) is 11.5 Å². The highest BCUT2D eigenvalue weighted by Gasteiger charge is 2.29. The summed E-state index contributed by atoms with van der Waals surface area (Å²) < 4.78 is 7.72. The third-order valence-electron chi connectivity index (χ3n) is 3.81. The Morgan fingerprint density at radius 1 is 1.38 bits per heavy atom. The summed E-state index contributed by atoms with van der Waals surface area (Å²) in [6, 6.07) is 5.33. The second kappa shape index (κ2) is 4.89. The zero-order chi connectivity index (χ0) is 15.1. The maximum atomic E-state index is 11.8. The molecule has 0 saturated heterocycles. The van der Waals surface area contributed by atoms with Gasteiger partial charge in [-0.3, -0.25) is 9.48 Å². The quantitative estimate of drug-likeness (QED) is 0.906. The summed E-state index contributed by atoms with van der Waals surface area (Å²) in [6.07, 6.45) is 0. The number of amides is 1. The highest BCUT2D eigenvalue weighted by molar-refractivity contribution is 6.02. The molecule has 6 heteroatoms. The molecular formula is C15H18N4O2. The summed E-state index contributed by atoms with van der Waals surface area (Å²) in [5.41, 5.74) is 3.53. The Bertz CT molecular complexity index is 721. The normalized spacial score (nSPS) is 16.8. The van der Waals surface area contributed by atoms with Gasteiger partial charge in [-0.15, -0.1) is 0 Å². The van der Waals surface area contributed by atoms with E-state index in [1.165, 1.54) is 0 Å². The fraction of sp³-hybridized carbons (Fsp3) is 0.333. The molecule has 1 unspecified atom stereocenters. The van der Waals surface area contributed by atoms with Crippen molar-refractivity contribution in [2.75, 3.05) is 12.4 Å². The number of hydrogen-bond acceptors (Lipinski definition) is 4. The summed E-state index contributed by atoms with van der Waals surface area (Å²) >= 11 is 0. The summed E-state index contributed by atoms with van der Waals surface area (Å²) in [5.74, 6) is 1.40. The maximum Gasteiger partial charge on any atom is 0.246 e. The predicted octanol–water partition coefficient (Wildman–Crippen LogP) is 2.04. The lowest BCUT2D eigenvalue weighted by molar-refractivity contribution is -0.117. The first-order valence-corrected chi connectivity index (χ1v) is 6.81. The highest BCUT2D eigenvalue weighted by atomic mass is 16.5. The number of carbonyl (C=O) groups is 1. The minimum absolute atomic E-state index is 0.0432. The standard InChI is InChI=1S/C15H18N4O2/c1-8-14(9(2)19(4)18-8)21-10-5-6-11-12(7-10)17-15(20)13(11)16-3/h5-7,13,16H,1-4H3,(H,17,20). The van der Waals surface area contributed by atoms with Gasteiger partial charge in [0, 0.05) is 24.4 Å². The van der Waals surface area contributed by atoms with Gasteiger partial charge >= 0.3 is 0 Å². The molecule has 1 aliphatic heterocycles. The zero-order valence-corrected chi connectivity index (χ0v) is 12.5. The Hall–Kier alpha value is -2.34. The van der Waals surface area contributed by atoms with Gasteiger partial charge in [-0.25, -0.2) is 0 Å². The molecule has 6 nitrogen and oxygen atoms in total. The van der Waals surface area contributed by atoms with Crippen LogP contribution in [0.4, 0.5) is 5.69 Å². The van der Waals surface area contributed by atoms with Gasteiger partial charge in [0.25, 0.3) is 0 Å². The Kier molecular flexibility index (Phi) is 3.17. The fourth-order valence-electron chi connectivity index (χ4n) is 2.61. The predicted molar refractivity (Wildman–Crippen MR) is 79.6 cm³/mol. The monoisotopic (exact) mass is 286 g/mol. The largest absolute Gasteiger partial charge is 0.453 e. The minimum Gasteiger partial charge on any atom is -0.453 e. The van der Waals surface area contributed by atoms with Gasteiger partial charge in [0.2, 0.25) is 5.91 Å². The Balaban J connectivity index is 1.92. The first-order chi connectivity index (χ1) is 10.0. The number of carbonyl (C=O) groups excluding carboxylic acids is 1. The van der Waals surface area contributed by atoms with Crippen LogP contribution in [0.1, 0.15) is 23.0 Å². The third-order valence-corrected chi connectivity index (χ3v) is 3.81. The van der Waals surface area contributed by atoms with Crippen LogP contribution in [0.15, 0.2) is 18.2 Å². The second-order valence-electron chi connectivity index (χ2n) is 5.19. The highest BCUT2D eigenvalue weighted by Crippen LogP contribution is 2.36. The Labute approximate surface area is 123 Å². The van der Waals surface area contributed by atoms with Crippen LogP contribution in [0.3, 0.4) is 0 Å². The van der Waals surface area contributed by atoms with E-state index in [0.29, 0.717) is 5.75 Å². The number of hydrogen-bond donors (Lipinski definition) is 2. The Morgan fingerprint density at radius 2 is 2.14 bits per heavy atom. The molecule has 110 valence electrons. The van der Waals surface area contributed by atoms with Crippen LogP contribution in [-0.2, 0) is 11.8 Å². The molecule has 0 spiro atoms. The number of likely N-dealkylation sites (N-methyl/N-ethyl adjacent to an activating group) is 1. The van der Waals surface area contributed by atoms with Crippen LogP contribution in [0.2, 0.25) is 0 Å². The van der Waals surface area contributed by atoms with Crippen LogP contribution >= 0.6 is 0 Å². The van der Waals surface area contributed by atoms with Crippen LogP contribution in [0.5, 0.6) is 11.5 Å². The number of fused-ring (bicyclic) bond motifs is 1. The second-order valence-corrected chi connectivity index (χ2v) is 5.19. The van der Waals surface area contributed by atoms with Crippen molar-refractivity contribution in [3.05, 3.63) is 35.2 Å². The van der Waals surface area contributed by atoms with Crippen molar-refractivity contribution in [3.63, 3.8) is 0 Å². The van der Waals surface area contributed by atoms with E-state index in [0.717, 1.165) is 28.4 Å². The van der Waals surface area contributed by atoms with Gasteiger partial charge in [-0.05, 0) is 27.0 Å². The van der Waals surface area contributed by atoms with Gasteiger partial charge in [0.05, 0.1) is 5.69 Å². The van der Waals surface area contributed by atoms with E-state index in [1.54, 1.807) is 11.7 Å². The van der Waals surface area contributed by atoms with Crippen molar-refractivity contribution in [2.45, 2.75) is 19.9 Å². The Morgan fingerprint density at radius 3 is 2.76 bits per heavy atom. The lowest BCUT2D eigenvalue weighted by atomic mass is 10.1. The number of nitrogens with one attached hydrogen (secondary N) is 2. The molecule has 1 aromatic heterocycles. The molecule has 0 bridgehead atoms. The van der Waals surface area contributed by atoms with Crippen LogP contribution in [-0.4, -0.2) is 22.7 Å². The average molecular weight is 286 g/mol. The third kappa shape index (κ3) is 2.17. The molecule has 2 heterocycles. The summed E-state index contributed by atoms with van der Waals surface area (Å²) in [4.78, 5) is 11.8. The molecule has 3 rings (SSSR count). The number of nitrogens with zero attached hydrogens (tertiary/aromatic N) is 2. The molecule has 1 amide bonds. The number of rotatable bonds is 3. The van der Waals surface area contributed by atoms with Crippen molar-refractivity contribution in [1.82, 2.24) is 15.1 Å².